The summed E-state index contributed by atoms with van der Waals surface area (Å²) in [4.78, 5) is 35.7. The Balaban J connectivity index is 1.85. The molecule has 0 bridgehead atoms. The van der Waals surface area contributed by atoms with E-state index >= 15 is 0 Å². The van der Waals surface area contributed by atoms with Crippen LogP contribution < -0.4 is 9.47 Å². The fourth-order valence-electron chi connectivity index (χ4n) is 3.75. The van der Waals surface area contributed by atoms with E-state index in [1.165, 1.54) is 19.1 Å². The van der Waals surface area contributed by atoms with Crippen LogP contribution in [0.5, 0.6) is 11.5 Å². The molecule has 1 unspecified atom stereocenters. The normalized spacial score (nSPS) is 17.4. The molecule has 1 aliphatic heterocycles. The van der Waals surface area contributed by atoms with E-state index in [-0.39, 0.29) is 17.9 Å². The highest BCUT2D eigenvalue weighted by Gasteiger charge is 2.46. The van der Waals surface area contributed by atoms with Crippen LogP contribution >= 0.6 is 0 Å². The van der Waals surface area contributed by atoms with Gasteiger partial charge in [0, 0.05) is 36.9 Å². The van der Waals surface area contributed by atoms with Crippen LogP contribution in [0.25, 0.3) is 5.76 Å². The number of hydrogen-bond donors (Lipinski definition) is 1. The predicted octanol–water partition coefficient (Wildman–Crippen LogP) is 3.12. The molecule has 1 aromatic carbocycles. The quantitative estimate of drug-likeness (QED) is 0.363. The Morgan fingerprint density at radius 1 is 1.00 bits per heavy atom. The van der Waals surface area contributed by atoms with Crippen molar-refractivity contribution >= 4 is 17.4 Å². The molecule has 1 atom stereocenters. The van der Waals surface area contributed by atoms with Crippen molar-refractivity contribution in [3.05, 3.63) is 89.5 Å². The number of hydrogen-bond acceptors (Lipinski definition) is 7. The van der Waals surface area contributed by atoms with E-state index in [0.717, 1.165) is 5.56 Å². The third-order valence-corrected chi connectivity index (χ3v) is 5.30. The van der Waals surface area contributed by atoms with Crippen molar-refractivity contribution < 1.29 is 24.2 Å². The van der Waals surface area contributed by atoms with E-state index < -0.39 is 17.7 Å². The number of carbonyl (C=O) groups excluding carboxylic acids is 2. The molecule has 8 heteroatoms. The summed E-state index contributed by atoms with van der Waals surface area (Å²) in [6.07, 6.45) is 6.42. The van der Waals surface area contributed by atoms with Gasteiger partial charge in [-0.3, -0.25) is 19.6 Å². The Hall–Kier alpha value is -4.20. The molecule has 2 aromatic heterocycles. The first-order valence-corrected chi connectivity index (χ1v) is 9.84. The molecular weight excluding hydrogens is 410 g/mol. The summed E-state index contributed by atoms with van der Waals surface area (Å²) >= 11 is 0. The van der Waals surface area contributed by atoms with Crippen molar-refractivity contribution in [2.24, 2.45) is 0 Å². The third-order valence-electron chi connectivity index (χ3n) is 5.30. The SMILES string of the molecule is COc1ccc(/C(O)=C2/C(=O)C(=O)N(Cc3ccncc3)C2c2cccnc2)cc1OC. The van der Waals surface area contributed by atoms with Gasteiger partial charge in [0.05, 0.1) is 25.8 Å². The van der Waals surface area contributed by atoms with E-state index in [1.807, 2.05) is 0 Å². The number of aliphatic hydroxyl groups is 1. The monoisotopic (exact) mass is 431 g/mol. The second kappa shape index (κ2) is 8.89. The van der Waals surface area contributed by atoms with Crippen LogP contribution in [0.4, 0.5) is 0 Å². The molecule has 4 rings (SSSR count). The summed E-state index contributed by atoms with van der Waals surface area (Å²) in [5.41, 5.74) is 1.74. The number of pyridine rings is 2. The number of aromatic nitrogens is 2. The van der Waals surface area contributed by atoms with Gasteiger partial charge in [0.15, 0.2) is 11.5 Å². The minimum absolute atomic E-state index is 0.00993. The second-order valence-electron chi connectivity index (χ2n) is 7.14. The minimum Gasteiger partial charge on any atom is -0.507 e. The number of ketones is 1. The minimum atomic E-state index is -0.801. The van der Waals surface area contributed by atoms with Gasteiger partial charge in [-0.1, -0.05) is 6.07 Å². The van der Waals surface area contributed by atoms with Gasteiger partial charge in [0.1, 0.15) is 5.76 Å². The van der Waals surface area contributed by atoms with Gasteiger partial charge in [-0.05, 0) is 47.5 Å². The van der Waals surface area contributed by atoms with Gasteiger partial charge in [-0.15, -0.1) is 0 Å². The van der Waals surface area contributed by atoms with Crippen molar-refractivity contribution in [2.75, 3.05) is 14.2 Å². The van der Waals surface area contributed by atoms with Crippen LogP contribution in [0.3, 0.4) is 0 Å². The van der Waals surface area contributed by atoms with Crippen molar-refractivity contribution in [3.63, 3.8) is 0 Å². The number of carbonyl (C=O) groups is 2. The summed E-state index contributed by atoms with van der Waals surface area (Å²) in [6, 6.07) is 11.0. The topological polar surface area (TPSA) is 102 Å². The Labute approximate surface area is 184 Å². The van der Waals surface area contributed by atoms with E-state index in [2.05, 4.69) is 9.97 Å². The van der Waals surface area contributed by atoms with E-state index in [1.54, 1.807) is 67.3 Å². The molecule has 1 N–H and O–H groups in total. The van der Waals surface area contributed by atoms with Crippen molar-refractivity contribution in [3.8, 4) is 11.5 Å². The highest BCUT2D eigenvalue weighted by molar-refractivity contribution is 6.46. The Kier molecular flexibility index (Phi) is 5.85. The van der Waals surface area contributed by atoms with Gasteiger partial charge in [-0.25, -0.2) is 0 Å². The molecule has 1 aliphatic rings. The Bertz CT molecular complexity index is 1180. The molecular formula is C24H21N3O5. The molecule has 1 saturated heterocycles. The number of rotatable bonds is 6. The zero-order valence-electron chi connectivity index (χ0n) is 17.6. The summed E-state index contributed by atoms with van der Waals surface area (Å²) in [5, 5.41) is 11.2. The van der Waals surface area contributed by atoms with E-state index in [4.69, 9.17) is 9.47 Å². The third kappa shape index (κ3) is 3.78. The molecule has 162 valence electrons. The molecule has 0 aliphatic carbocycles. The van der Waals surface area contributed by atoms with Crippen LogP contribution in [0.2, 0.25) is 0 Å². The molecule has 0 radical (unpaired) electrons. The first kappa shape index (κ1) is 21.0. The zero-order chi connectivity index (χ0) is 22.7. The lowest BCUT2D eigenvalue weighted by Crippen LogP contribution is -2.29. The summed E-state index contributed by atoms with van der Waals surface area (Å²) < 4.78 is 10.6. The number of ether oxygens (including phenoxy) is 2. The number of methoxy groups -OCH3 is 2. The van der Waals surface area contributed by atoms with Crippen molar-refractivity contribution in [2.45, 2.75) is 12.6 Å². The number of Topliss-reactive ketones (excluding diaryl/α,β-unsaturated/α-hetero) is 1. The summed E-state index contributed by atoms with van der Waals surface area (Å²) in [5.74, 6) is -0.889. The van der Waals surface area contributed by atoms with Crippen LogP contribution in [0.15, 0.2) is 72.8 Å². The highest BCUT2D eigenvalue weighted by atomic mass is 16.5. The van der Waals surface area contributed by atoms with Gasteiger partial charge in [0.25, 0.3) is 11.7 Å². The molecule has 0 saturated carbocycles. The number of nitrogens with zero attached hydrogens (tertiary/aromatic N) is 3. The van der Waals surface area contributed by atoms with Gasteiger partial charge in [-0.2, -0.15) is 0 Å². The number of amides is 1. The molecule has 1 amide bonds. The van der Waals surface area contributed by atoms with Crippen LogP contribution in [-0.2, 0) is 16.1 Å². The van der Waals surface area contributed by atoms with E-state index in [9.17, 15) is 14.7 Å². The maximum absolute atomic E-state index is 13.1. The standard InChI is InChI=1S/C24H21N3O5/c1-31-18-6-5-16(12-19(18)32-2)22(28)20-21(17-4-3-9-26-13-17)27(24(30)23(20)29)14-15-7-10-25-11-8-15/h3-13,21,28H,14H2,1-2H3/b22-20-. The lowest BCUT2D eigenvalue weighted by Gasteiger charge is -2.25. The van der Waals surface area contributed by atoms with E-state index in [0.29, 0.717) is 22.6 Å². The zero-order valence-corrected chi connectivity index (χ0v) is 17.6. The van der Waals surface area contributed by atoms with Gasteiger partial charge < -0.3 is 19.5 Å². The summed E-state index contributed by atoms with van der Waals surface area (Å²) in [6.45, 7) is 0.176. The second-order valence-corrected chi connectivity index (χ2v) is 7.14. The molecule has 0 spiro atoms. The molecule has 3 aromatic rings. The molecule has 3 heterocycles. The molecule has 32 heavy (non-hydrogen) atoms. The van der Waals surface area contributed by atoms with Crippen LogP contribution in [0, 0.1) is 0 Å². The predicted molar refractivity (Wildman–Crippen MR) is 116 cm³/mol. The van der Waals surface area contributed by atoms with Crippen molar-refractivity contribution in [1.29, 1.82) is 0 Å². The van der Waals surface area contributed by atoms with Gasteiger partial charge >= 0.3 is 0 Å². The molecule has 1 fully saturated rings. The van der Waals surface area contributed by atoms with Gasteiger partial charge in [0.2, 0.25) is 0 Å². The number of benzene rings is 1. The first-order chi connectivity index (χ1) is 15.5. The Morgan fingerprint density at radius 2 is 1.75 bits per heavy atom. The Morgan fingerprint density at radius 3 is 2.41 bits per heavy atom. The largest absolute Gasteiger partial charge is 0.507 e. The fourth-order valence-corrected chi connectivity index (χ4v) is 3.75. The summed E-state index contributed by atoms with van der Waals surface area (Å²) in [7, 11) is 2.98. The lowest BCUT2D eigenvalue weighted by atomic mass is 9.96. The van der Waals surface area contributed by atoms with Crippen molar-refractivity contribution in [1.82, 2.24) is 14.9 Å². The highest BCUT2D eigenvalue weighted by Crippen LogP contribution is 2.41. The maximum Gasteiger partial charge on any atom is 0.295 e. The maximum atomic E-state index is 13.1. The smallest absolute Gasteiger partial charge is 0.295 e. The first-order valence-electron chi connectivity index (χ1n) is 9.84. The molecule has 8 nitrogen and oxygen atoms in total. The number of likely N-dealkylation sites (tertiary alicyclic amines) is 1. The van der Waals surface area contributed by atoms with Crippen LogP contribution in [0.1, 0.15) is 22.7 Å². The fraction of sp³-hybridized carbons (Fsp3) is 0.167. The number of aliphatic hydroxyl groups excluding tert-OH is 1. The van der Waals surface area contributed by atoms with Crippen LogP contribution in [-0.4, -0.2) is 45.9 Å². The average Bonchev–Trinajstić information content (AvgIpc) is 3.09. The average molecular weight is 431 g/mol. The lowest BCUT2D eigenvalue weighted by molar-refractivity contribution is -0.140.